The molecule has 0 fully saturated rings. The van der Waals surface area contributed by atoms with E-state index in [9.17, 15) is 4.79 Å². The van der Waals surface area contributed by atoms with Crippen molar-refractivity contribution in [1.82, 2.24) is 0 Å². The fourth-order valence-electron chi connectivity index (χ4n) is 2.35. The molecule has 1 N–H and O–H groups in total. The van der Waals surface area contributed by atoms with Gasteiger partial charge in [0.2, 0.25) is 0 Å². The van der Waals surface area contributed by atoms with Gasteiger partial charge in [-0.05, 0) is 79.6 Å². The van der Waals surface area contributed by atoms with Crippen LogP contribution in [0.5, 0.6) is 0 Å². The molecule has 0 aromatic carbocycles. The number of carboxylic acids is 1. The highest BCUT2D eigenvalue weighted by Crippen LogP contribution is 2.13. The summed E-state index contributed by atoms with van der Waals surface area (Å²) in [6.07, 6.45) is 17.3. The topological polar surface area (TPSA) is 37.3 Å². The van der Waals surface area contributed by atoms with Crippen LogP contribution in [0.2, 0.25) is 0 Å². The molecule has 2 nitrogen and oxygen atoms in total. The third kappa shape index (κ3) is 15.3. The van der Waals surface area contributed by atoms with E-state index in [0.29, 0.717) is 6.42 Å². The largest absolute Gasteiger partial charge is 0.481 e. The highest BCUT2D eigenvalue weighted by Gasteiger charge is 1.96. The molecule has 2 heteroatoms. The Labute approximate surface area is 149 Å². The number of hydrogen-bond donors (Lipinski definition) is 1. The van der Waals surface area contributed by atoms with Gasteiger partial charge in [0.1, 0.15) is 0 Å². The van der Waals surface area contributed by atoms with Crippen LogP contribution in [-0.4, -0.2) is 11.1 Å². The zero-order valence-electron chi connectivity index (χ0n) is 16.2. The number of allylic oxidation sites excluding steroid dienone is 8. The smallest absolute Gasteiger partial charge is 0.307 e. The number of carboxylic acid groups (broad SMARTS) is 1. The summed E-state index contributed by atoms with van der Waals surface area (Å²) >= 11 is 0. The van der Waals surface area contributed by atoms with Gasteiger partial charge in [0, 0.05) is 0 Å². The normalized spacial score (nSPS) is 13.1. The Morgan fingerprint density at radius 2 is 1.12 bits per heavy atom. The maximum Gasteiger partial charge on any atom is 0.307 e. The Hall–Kier alpha value is -1.57. The fourth-order valence-corrected chi connectivity index (χ4v) is 2.35. The van der Waals surface area contributed by atoms with E-state index >= 15 is 0 Å². The minimum absolute atomic E-state index is 0.515. The summed E-state index contributed by atoms with van der Waals surface area (Å²) in [4.78, 5) is 10.4. The molecule has 0 unspecified atom stereocenters. The molecular formula is C22H35O2. The standard InChI is InChI=1S/C22H35O2/c1-18(2)10-6-11-19(3)12-7-13-20(4)14-8-15-21(5)16-9-17-22(23)24/h10,12,14,16-17H,6-9,11,13,15H2,1-5H3,(H,23,24)/b19-12+,20-14+,21-16+. The molecule has 0 spiro atoms. The van der Waals surface area contributed by atoms with E-state index in [-0.39, 0.29) is 0 Å². The molecule has 0 aliphatic carbocycles. The molecular weight excluding hydrogens is 296 g/mol. The van der Waals surface area contributed by atoms with E-state index in [4.69, 9.17) is 5.11 Å². The average molecular weight is 332 g/mol. The number of carbonyl (C=O) groups is 1. The van der Waals surface area contributed by atoms with E-state index in [1.165, 1.54) is 28.7 Å². The predicted molar refractivity (Wildman–Crippen MR) is 105 cm³/mol. The Morgan fingerprint density at radius 3 is 1.54 bits per heavy atom. The van der Waals surface area contributed by atoms with Crippen LogP contribution in [-0.2, 0) is 4.79 Å². The molecule has 0 saturated heterocycles. The van der Waals surface area contributed by atoms with Gasteiger partial charge in [-0.3, -0.25) is 4.79 Å². The highest BCUT2D eigenvalue weighted by molar-refractivity contribution is 5.76. The molecule has 0 saturated carbocycles. The lowest BCUT2D eigenvalue weighted by molar-refractivity contribution is -0.133. The van der Waals surface area contributed by atoms with Gasteiger partial charge in [0.05, 0.1) is 6.42 Å². The second-order valence-corrected chi connectivity index (χ2v) is 6.83. The molecule has 0 aliphatic rings. The first kappa shape index (κ1) is 22.4. The van der Waals surface area contributed by atoms with Crippen molar-refractivity contribution in [2.24, 2.45) is 0 Å². The van der Waals surface area contributed by atoms with E-state index in [1.807, 2.05) is 6.08 Å². The Kier molecular flexibility index (Phi) is 12.9. The lowest BCUT2D eigenvalue weighted by Crippen LogP contribution is -1.93. The summed E-state index contributed by atoms with van der Waals surface area (Å²) in [5.74, 6) is -0.848. The van der Waals surface area contributed by atoms with Gasteiger partial charge >= 0.3 is 5.97 Å². The van der Waals surface area contributed by atoms with Gasteiger partial charge in [-0.25, -0.2) is 0 Å². The zero-order valence-corrected chi connectivity index (χ0v) is 16.2. The van der Waals surface area contributed by atoms with Crippen molar-refractivity contribution < 1.29 is 9.90 Å². The predicted octanol–water partition coefficient (Wildman–Crippen LogP) is 6.81. The second-order valence-electron chi connectivity index (χ2n) is 6.83. The van der Waals surface area contributed by atoms with Crippen LogP contribution in [0, 0.1) is 6.42 Å². The Morgan fingerprint density at radius 1 is 0.708 bits per heavy atom. The van der Waals surface area contributed by atoms with Gasteiger partial charge in [0.25, 0.3) is 0 Å². The highest BCUT2D eigenvalue weighted by atomic mass is 16.4. The summed E-state index contributed by atoms with van der Waals surface area (Å²) in [6, 6.07) is 0. The van der Waals surface area contributed by atoms with Crippen LogP contribution < -0.4 is 0 Å². The van der Waals surface area contributed by atoms with Crippen molar-refractivity contribution in [3.8, 4) is 0 Å². The van der Waals surface area contributed by atoms with E-state index in [0.717, 1.165) is 38.5 Å². The van der Waals surface area contributed by atoms with Crippen LogP contribution in [0.4, 0.5) is 0 Å². The monoisotopic (exact) mass is 331 g/mol. The first-order chi connectivity index (χ1) is 11.3. The van der Waals surface area contributed by atoms with E-state index in [1.54, 1.807) is 0 Å². The number of hydrogen-bond acceptors (Lipinski definition) is 1. The van der Waals surface area contributed by atoms with E-state index < -0.39 is 5.97 Å². The summed E-state index contributed by atoms with van der Waals surface area (Å²) in [7, 11) is 0. The van der Waals surface area contributed by atoms with Crippen LogP contribution in [0.25, 0.3) is 0 Å². The molecule has 0 aromatic rings. The van der Waals surface area contributed by atoms with Gasteiger partial charge in [-0.1, -0.05) is 46.6 Å². The molecule has 0 rings (SSSR count). The minimum Gasteiger partial charge on any atom is -0.481 e. The van der Waals surface area contributed by atoms with Crippen molar-refractivity contribution in [3.05, 3.63) is 53.0 Å². The van der Waals surface area contributed by atoms with Crippen LogP contribution in [0.15, 0.2) is 46.6 Å². The Balaban J connectivity index is 3.98. The number of aliphatic carboxylic acids is 1. The zero-order chi connectivity index (χ0) is 18.4. The van der Waals surface area contributed by atoms with Gasteiger partial charge < -0.3 is 5.11 Å². The molecule has 0 bridgehead atoms. The van der Waals surface area contributed by atoms with Crippen LogP contribution in [0.3, 0.4) is 0 Å². The van der Waals surface area contributed by atoms with Gasteiger partial charge in [0.15, 0.2) is 0 Å². The van der Waals surface area contributed by atoms with Crippen LogP contribution in [0.1, 0.15) is 79.6 Å². The summed E-state index contributed by atoms with van der Waals surface area (Å²) < 4.78 is 0. The molecule has 0 amide bonds. The molecule has 24 heavy (non-hydrogen) atoms. The van der Waals surface area contributed by atoms with E-state index in [2.05, 4.69) is 52.8 Å². The fraction of sp³-hybridized carbons (Fsp3) is 0.545. The summed E-state index contributed by atoms with van der Waals surface area (Å²) in [6.45, 7) is 10.8. The molecule has 0 aromatic heterocycles. The second kappa shape index (κ2) is 13.8. The van der Waals surface area contributed by atoms with Crippen molar-refractivity contribution in [1.29, 1.82) is 0 Å². The summed E-state index contributed by atoms with van der Waals surface area (Å²) in [5.41, 5.74) is 5.57. The molecule has 0 atom stereocenters. The van der Waals surface area contributed by atoms with Gasteiger partial charge in [-0.2, -0.15) is 0 Å². The van der Waals surface area contributed by atoms with Crippen molar-refractivity contribution >= 4 is 5.97 Å². The molecule has 0 aliphatic heterocycles. The number of rotatable bonds is 12. The lowest BCUT2D eigenvalue weighted by atomic mass is 10.0. The molecule has 1 radical (unpaired) electrons. The van der Waals surface area contributed by atoms with Crippen molar-refractivity contribution in [2.45, 2.75) is 79.6 Å². The SMILES string of the molecule is CC(C)=CCC/C(C)=C/CC/C(C)=C/CC/C(C)=C/C[CH]C(=O)O. The summed E-state index contributed by atoms with van der Waals surface area (Å²) in [5, 5.41) is 8.57. The first-order valence-electron chi connectivity index (χ1n) is 8.97. The quantitative estimate of drug-likeness (QED) is 0.399. The Bertz CT molecular complexity index is 486. The maximum absolute atomic E-state index is 10.4. The third-order valence-electron chi connectivity index (χ3n) is 3.91. The van der Waals surface area contributed by atoms with Crippen molar-refractivity contribution in [3.63, 3.8) is 0 Å². The van der Waals surface area contributed by atoms with Crippen LogP contribution >= 0.6 is 0 Å². The maximum atomic E-state index is 10.4. The van der Waals surface area contributed by atoms with Gasteiger partial charge in [-0.15, -0.1) is 0 Å². The first-order valence-corrected chi connectivity index (χ1v) is 8.97. The molecule has 135 valence electrons. The lowest BCUT2D eigenvalue weighted by Gasteiger charge is -2.02. The van der Waals surface area contributed by atoms with Crippen molar-refractivity contribution in [2.75, 3.05) is 0 Å². The molecule has 0 heterocycles. The average Bonchev–Trinajstić information content (AvgIpc) is 2.46. The minimum atomic E-state index is -0.848. The third-order valence-corrected chi connectivity index (χ3v) is 3.91.